The molecule has 104 valence electrons. The second-order valence-electron chi connectivity index (χ2n) is 5.02. The number of ether oxygens (including phenoxy) is 1. The first-order valence-electron chi connectivity index (χ1n) is 6.72. The zero-order chi connectivity index (χ0) is 13.9. The molecule has 3 rings (SSSR count). The molecule has 1 aromatic heterocycles. The summed E-state index contributed by atoms with van der Waals surface area (Å²) in [6.45, 7) is 0. The first kappa shape index (κ1) is 12.7. The van der Waals surface area contributed by atoms with Crippen LogP contribution in [0.3, 0.4) is 0 Å². The molecule has 2 aromatic rings. The molecule has 0 radical (unpaired) electrons. The molecule has 1 atom stereocenters. The van der Waals surface area contributed by atoms with Crippen molar-refractivity contribution in [1.82, 2.24) is 15.5 Å². The van der Waals surface area contributed by atoms with E-state index in [1.807, 2.05) is 18.3 Å². The fourth-order valence-electron chi connectivity index (χ4n) is 2.56. The molecule has 1 aromatic carbocycles. The van der Waals surface area contributed by atoms with E-state index in [-0.39, 0.29) is 11.9 Å². The molecular weight excluding hydrogens is 254 g/mol. The minimum Gasteiger partial charge on any atom is -0.497 e. The summed E-state index contributed by atoms with van der Waals surface area (Å²) in [5.74, 6) is 0.633. The third-order valence-corrected chi connectivity index (χ3v) is 3.69. The van der Waals surface area contributed by atoms with Gasteiger partial charge < -0.3 is 10.1 Å². The first-order valence-corrected chi connectivity index (χ1v) is 6.72. The summed E-state index contributed by atoms with van der Waals surface area (Å²) < 4.78 is 5.14. The molecule has 2 N–H and O–H groups in total. The standard InChI is InChI=1S/C15H17N3O2/c1-20-13-4-2-3-10(7-13)15(19)17-12-6-5-11-9-16-18-14(11)8-12/h2-4,7,9,12H,5-6,8H2,1H3,(H,16,18)(H,17,19). The van der Waals surface area contributed by atoms with Gasteiger partial charge in [0.2, 0.25) is 0 Å². The van der Waals surface area contributed by atoms with Crippen LogP contribution in [0.1, 0.15) is 28.0 Å². The van der Waals surface area contributed by atoms with Crippen molar-refractivity contribution in [3.05, 3.63) is 47.3 Å². The van der Waals surface area contributed by atoms with Gasteiger partial charge in [-0.1, -0.05) is 6.07 Å². The van der Waals surface area contributed by atoms with Crippen LogP contribution in [0, 0.1) is 0 Å². The van der Waals surface area contributed by atoms with Crippen LogP contribution in [-0.4, -0.2) is 29.3 Å². The van der Waals surface area contributed by atoms with Crippen molar-refractivity contribution >= 4 is 5.91 Å². The minimum atomic E-state index is -0.0585. The number of nitrogens with zero attached hydrogens (tertiary/aromatic N) is 1. The summed E-state index contributed by atoms with van der Waals surface area (Å²) in [6, 6.07) is 7.35. The summed E-state index contributed by atoms with van der Waals surface area (Å²) in [5, 5.41) is 10.1. The molecule has 20 heavy (non-hydrogen) atoms. The number of rotatable bonds is 3. The molecule has 1 amide bonds. The van der Waals surface area contributed by atoms with Crippen molar-refractivity contribution in [2.75, 3.05) is 7.11 Å². The lowest BCUT2D eigenvalue weighted by molar-refractivity contribution is 0.0933. The number of aromatic nitrogens is 2. The third kappa shape index (κ3) is 2.52. The number of fused-ring (bicyclic) bond motifs is 1. The van der Waals surface area contributed by atoms with Crippen LogP contribution in [-0.2, 0) is 12.8 Å². The molecular formula is C15H17N3O2. The Morgan fingerprint density at radius 2 is 2.40 bits per heavy atom. The van der Waals surface area contributed by atoms with Gasteiger partial charge in [0.05, 0.1) is 13.3 Å². The van der Waals surface area contributed by atoms with Gasteiger partial charge in [0.25, 0.3) is 5.91 Å². The summed E-state index contributed by atoms with van der Waals surface area (Å²) in [4.78, 5) is 12.2. The van der Waals surface area contributed by atoms with Crippen LogP contribution in [0.25, 0.3) is 0 Å². The van der Waals surface area contributed by atoms with E-state index < -0.39 is 0 Å². The Kier molecular flexibility index (Phi) is 3.41. The number of amides is 1. The smallest absolute Gasteiger partial charge is 0.251 e. The van der Waals surface area contributed by atoms with E-state index in [2.05, 4.69) is 15.5 Å². The average molecular weight is 271 g/mol. The van der Waals surface area contributed by atoms with Crippen LogP contribution in [0.15, 0.2) is 30.5 Å². The second-order valence-corrected chi connectivity index (χ2v) is 5.02. The molecule has 1 aliphatic rings. The van der Waals surface area contributed by atoms with Gasteiger partial charge in [0.15, 0.2) is 0 Å². The topological polar surface area (TPSA) is 67.0 Å². The Labute approximate surface area is 117 Å². The molecule has 0 bridgehead atoms. The fraction of sp³-hybridized carbons (Fsp3) is 0.333. The van der Waals surface area contributed by atoms with E-state index in [9.17, 15) is 4.79 Å². The van der Waals surface area contributed by atoms with Crippen LogP contribution in [0.4, 0.5) is 0 Å². The van der Waals surface area contributed by atoms with Gasteiger partial charge in [0.1, 0.15) is 5.75 Å². The molecule has 0 saturated heterocycles. The van der Waals surface area contributed by atoms with Crippen molar-refractivity contribution in [1.29, 1.82) is 0 Å². The second kappa shape index (κ2) is 5.36. The summed E-state index contributed by atoms with van der Waals surface area (Å²) in [6.07, 6.45) is 4.58. The molecule has 0 spiro atoms. The van der Waals surface area contributed by atoms with Crippen molar-refractivity contribution in [3.63, 3.8) is 0 Å². The van der Waals surface area contributed by atoms with E-state index in [1.54, 1.807) is 19.2 Å². The molecule has 1 heterocycles. The van der Waals surface area contributed by atoms with Gasteiger partial charge in [-0.15, -0.1) is 0 Å². The molecule has 5 heteroatoms. The zero-order valence-corrected chi connectivity index (χ0v) is 11.3. The quantitative estimate of drug-likeness (QED) is 0.893. The lowest BCUT2D eigenvalue weighted by Gasteiger charge is -2.22. The normalized spacial score (nSPS) is 17.4. The highest BCUT2D eigenvalue weighted by molar-refractivity contribution is 5.94. The number of hydrogen-bond acceptors (Lipinski definition) is 3. The van der Waals surface area contributed by atoms with E-state index >= 15 is 0 Å². The van der Waals surface area contributed by atoms with Crippen molar-refractivity contribution in [2.45, 2.75) is 25.3 Å². The third-order valence-electron chi connectivity index (χ3n) is 3.69. The average Bonchev–Trinajstić information content (AvgIpc) is 2.95. The van der Waals surface area contributed by atoms with Crippen LogP contribution >= 0.6 is 0 Å². The van der Waals surface area contributed by atoms with E-state index in [0.29, 0.717) is 11.3 Å². The van der Waals surface area contributed by atoms with Gasteiger partial charge in [-0.2, -0.15) is 5.10 Å². The largest absolute Gasteiger partial charge is 0.497 e. The molecule has 1 aliphatic carbocycles. The number of nitrogens with one attached hydrogen (secondary N) is 2. The fourth-order valence-corrected chi connectivity index (χ4v) is 2.56. The maximum absolute atomic E-state index is 12.2. The highest BCUT2D eigenvalue weighted by Gasteiger charge is 2.22. The number of carbonyl (C=O) groups excluding carboxylic acids is 1. The summed E-state index contributed by atoms with van der Waals surface area (Å²) in [7, 11) is 1.60. The number of benzene rings is 1. The predicted molar refractivity (Wildman–Crippen MR) is 74.9 cm³/mol. The van der Waals surface area contributed by atoms with Gasteiger partial charge in [0, 0.05) is 23.7 Å². The Balaban J connectivity index is 1.67. The van der Waals surface area contributed by atoms with Crippen molar-refractivity contribution in [2.24, 2.45) is 0 Å². The van der Waals surface area contributed by atoms with Gasteiger partial charge >= 0.3 is 0 Å². The monoisotopic (exact) mass is 271 g/mol. The number of carbonyl (C=O) groups is 1. The maximum Gasteiger partial charge on any atom is 0.251 e. The first-order chi connectivity index (χ1) is 9.76. The van der Waals surface area contributed by atoms with E-state index in [4.69, 9.17) is 4.74 Å². The predicted octanol–water partition coefficient (Wildman–Crippen LogP) is 1.71. The number of aryl methyl sites for hydroxylation is 1. The molecule has 5 nitrogen and oxygen atoms in total. The van der Waals surface area contributed by atoms with E-state index in [1.165, 1.54) is 5.56 Å². The number of methoxy groups -OCH3 is 1. The van der Waals surface area contributed by atoms with Gasteiger partial charge in [-0.3, -0.25) is 9.89 Å². The van der Waals surface area contributed by atoms with Gasteiger partial charge in [-0.05, 0) is 36.6 Å². The Morgan fingerprint density at radius 3 is 3.25 bits per heavy atom. The highest BCUT2D eigenvalue weighted by atomic mass is 16.5. The lowest BCUT2D eigenvalue weighted by Crippen LogP contribution is -2.38. The summed E-state index contributed by atoms with van der Waals surface area (Å²) >= 11 is 0. The molecule has 0 saturated carbocycles. The van der Waals surface area contributed by atoms with Crippen molar-refractivity contribution in [3.8, 4) is 5.75 Å². The number of aromatic amines is 1. The van der Waals surface area contributed by atoms with Crippen LogP contribution < -0.4 is 10.1 Å². The minimum absolute atomic E-state index is 0.0585. The zero-order valence-electron chi connectivity index (χ0n) is 11.3. The summed E-state index contributed by atoms with van der Waals surface area (Å²) in [5.41, 5.74) is 3.02. The Bertz CT molecular complexity index is 621. The number of hydrogen-bond donors (Lipinski definition) is 2. The van der Waals surface area contributed by atoms with Gasteiger partial charge in [-0.25, -0.2) is 0 Å². The Morgan fingerprint density at radius 1 is 1.50 bits per heavy atom. The lowest BCUT2D eigenvalue weighted by atomic mass is 9.93. The molecule has 0 aliphatic heterocycles. The molecule has 0 fully saturated rings. The van der Waals surface area contributed by atoms with Crippen molar-refractivity contribution < 1.29 is 9.53 Å². The van der Waals surface area contributed by atoms with Crippen LogP contribution in [0.2, 0.25) is 0 Å². The SMILES string of the molecule is COc1cccc(C(=O)NC2CCc3cn[nH]c3C2)c1. The number of H-pyrrole nitrogens is 1. The Hall–Kier alpha value is -2.30. The highest BCUT2D eigenvalue weighted by Crippen LogP contribution is 2.19. The van der Waals surface area contributed by atoms with E-state index in [0.717, 1.165) is 25.0 Å². The van der Waals surface area contributed by atoms with Crippen LogP contribution in [0.5, 0.6) is 5.75 Å². The molecule has 1 unspecified atom stereocenters. The maximum atomic E-state index is 12.2.